The Hall–Kier alpha value is -3.55. The van der Waals surface area contributed by atoms with Crippen LogP contribution in [0.25, 0.3) is 0 Å². The van der Waals surface area contributed by atoms with Crippen LogP contribution in [0.1, 0.15) is 45.1 Å². The van der Waals surface area contributed by atoms with Crippen molar-refractivity contribution in [2.24, 2.45) is 16.3 Å². The standard InChI is InChI=1S/C26H24F2N2O4/c1-13-22(25(32)30-17-6-5-15(27)9-16(17)28)23(14-4-7-20-21(8-14)34-12-33-20)24-18(29-13)10-26(2,3)11-19(24)31/h4-9,23-24H,10-12H2,1-3H3,(H,30,32)/t23-,24-/m1/s1. The third-order valence-electron chi connectivity index (χ3n) is 6.54. The van der Waals surface area contributed by atoms with E-state index in [0.717, 1.165) is 11.8 Å². The number of hydrogen-bond donors (Lipinski definition) is 1. The first-order valence-corrected chi connectivity index (χ1v) is 11.1. The number of amides is 1. The second-order valence-corrected chi connectivity index (χ2v) is 9.73. The molecule has 0 spiro atoms. The van der Waals surface area contributed by atoms with Gasteiger partial charge in [0.1, 0.15) is 17.4 Å². The van der Waals surface area contributed by atoms with Gasteiger partial charge in [-0.3, -0.25) is 14.6 Å². The maximum atomic E-state index is 14.3. The molecule has 1 N–H and O–H groups in total. The van der Waals surface area contributed by atoms with Gasteiger partial charge in [0, 0.05) is 35.4 Å². The predicted octanol–water partition coefficient (Wildman–Crippen LogP) is 5.15. The van der Waals surface area contributed by atoms with Crippen molar-refractivity contribution in [1.29, 1.82) is 0 Å². The van der Waals surface area contributed by atoms with Gasteiger partial charge in [0.05, 0.1) is 11.6 Å². The quantitative estimate of drug-likeness (QED) is 0.679. The molecule has 1 aliphatic carbocycles. The summed E-state index contributed by atoms with van der Waals surface area (Å²) in [5.41, 5.74) is 1.79. The molecule has 176 valence electrons. The Balaban J connectivity index is 1.61. The van der Waals surface area contributed by atoms with Gasteiger partial charge >= 0.3 is 0 Å². The number of nitrogens with zero attached hydrogens (tertiary/aromatic N) is 1. The van der Waals surface area contributed by atoms with Crippen LogP contribution in [-0.4, -0.2) is 24.2 Å². The summed E-state index contributed by atoms with van der Waals surface area (Å²) in [5.74, 6) is -2.34. The molecule has 34 heavy (non-hydrogen) atoms. The van der Waals surface area contributed by atoms with Crippen LogP contribution in [0.3, 0.4) is 0 Å². The SMILES string of the molecule is CC1=C(C(=O)Nc2ccc(F)cc2F)[C@@H](c2ccc3c(c2)OCO3)[C@H]2C(=O)CC(C)(C)CC2=N1. The van der Waals surface area contributed by atoms with Crippen molar-refractivity contribution in [3.63, 3.8) is 0 Å². The minimum Gasteiger partial charge on any atom is -0.454 e. The Bertz CT molecular complexity index is 1280. The summed E-state index contributed by atoms with van der Waals surface area (Å²) >= 11 is 0. The smallest absolute Gasteiger partial charge is 0.254 e. The van der Waals surface area contributed by atoms with E-state index in [0.29, 0.717) is 41.7 Å². The molecule has 5 rings (SSSR count). The summed E-state index contributed by atoms with van der Waals surface area (Å²) in [6.07, 6.45) is 0.988. The zero-order valence-corrected chi connectivity index (χ0v) is 19.1. The number of nitrogens with one attached hydrogen (secondary N) is 1. The fraction of sp³-hybridized carbons (Fsp3) is 0.346. The Morgan fingerprint density at radius 1 is 1.06 bits per heavy atom. The summed E-state index contributed by atoms with van der Waals surface area (Å²) < 4.78 is 38.6. The first-order chi connectivity index (χ1) is 16.1. The molecule has 8 heteroatoms. The number of anilines is 1. The van der Waals surface area contributed by atoms with Crippen molar-refractivity contribution >= 4 is 23.1 Å². The summed E-state index contributed by atoms with van der Waals surface area (Å²) in [7, 11) is 0. The van der Waals surface area contributed by atoms with E-state index in [1.807, 2.05) is 19.9 Å². The van der Waals surface area contributed by atoms with Crippen molar-refractivity contribution in [3.05, 3.63) is 64.9 Å². The molecule has 1 fully saturated rings. The highest BCUT2D eigenvalue weighted by molar-refractivity contribution is 6.14. The lowest BCUT2D eigenvalue weighted by molar-refractivity contribution is -0.124. The fourth-order valence-electron chi connectivity index (χ4n) is 5.14. The number of halogens is 2. The summed E-state index contributed by atoms with van der Waals surface area (Å²) in [5, 5.41) is 2.54. The van der Waals surface area contributed by atoms with Gasteiger partial charge in [-0.2, -0.15) is 0 Å². The number of Topliss-reactive ketones (excluding diaryl/α,β-unsaturated/α-hetero) is 1. The van der Waals surface area contributed by atoms with Gasteiger partial charge in [0.15, 0.2) is 11.5 Å². The molecule has 2 aromatic rings. The molecule has 1 saturated carbocycles. The topological polar surface area (TPSA) is 77.0 Å². The normalized spacial score (nSPS) is 22.9. The van der Waals surface area contributed by atoms with Gasteiger partial charge in [-0.15, -0.1) is 0 Å². The third kappa shape index (κ3) is 3.87. The van der Waals surface area contributed by atoms with Gasteiger partial charge in [-0.05, 0) is 48.6 Å². The highest BCUT2D eigenvalue weighted by Crippen LogP contribution is 2.48. The summed E-state index contributed by atoms with van der Waals surface area (Å²) in [6, 6.07) is 8.29. The Labute approximate surface area is 195 Å². The van der Waals surface area contributed by atoms with Crippen LogP contribution in [-0.2, 0) is 9.59 Å². The molecule has 0 radical (unpaired) electrons. The van der Waals surface area contributed by atoms with E-state index >= 15 is 0 Å². The molecular weight excluding hydrogens is 442 g/mol. The molecule has 6 nitrogen and oxygen atoms in total. The van der Waals surface area contributed by atoms with E-state index in [1.165, 1.54) is 6.07 Å². The second kappa shape index (κ2) is 8.04. The zero-order valence-electron chi connectivity index (χ0n) is 19.1. The lowest BCUT2D eigenvalue weighted by Crippen LogP contribution is -2.44. The van der Waals surface area contributed by atoms with Crippen LogP contribution < -0.4 is 14.8 Å². The van der Waals surface area contributed by atoms with E-state index < -0.39 is 29.4 Å². The van der Waals surface area contributed by atoms with Crippen LogP contribution in [0.15, 0.2) is 52.7 Å². The number of ketones is 1. The number of ether oxygens (including phenoxy) is 2. The molecule has 1 amide bonds. The maximum Gasteiger partial charge on any atom is 0.254 e. The largest absolute Gasteiger partial charge is 0.454 e. The van der Waals surface area contributed by atoms with E-state index in [4.69, 9.17) is 9.47 Å². The van der Waals surface area contributed by atoms with Gasteiger partial charge < -0.3 is 14.8 Å². The molecule has 2 aliphatic heterocycles. The average molecular weight is 466 g/mol. The number of carbonyl (C=O) groups excluding carboxylic acids is 2. The Morgan fingerprint density at radius 2 is 1.82 bits per heavy atom. The first-order valence-electron chi connectivity index (χ1n) is 11.1. The molecule has 2 heterocycles. The van der Waals surface area contributed by atoms with E-state index in [1.54, 1.807) is 19.1 Å². The van der Waals surface area contributed by atoms with Crippen molar-refractivity contribution in [2.75, 3.05) is 12.1 Å². The third-order valence-corrected chi connectivity index (χ3v) is 6.54. The molecule has 0 saturated heterocycles. The van der Waals surface area contributed by atoms with E-state index in [-0.39, 0.29) is 29.3 Å². The number of aliphatic imine (C=N–C) groups is 1. The molecular formula is C26H24F2N2O4. The lowest BCUT2D eigenvalue weighted by atomic mass is 9.63. The highest BCUT2D eigenvalue weighted by Gasteiger charge is 2.47. The number of rotatable bonds is 3. The second-order valence-electron chi connectivity index (χ2n) is 9.73. The van der Waals surface area contributed by atoms with Crippen LogP contribution in [0.4, 0.5) is 14.5 Å². The minimum atomic E-state index is -0.887. The zero-order chi connectivity index (χ0) is 24.2. The Kier molecular flexibility index (Phi) is 5.26. The summed E-state index contributed by atoms with van der Waals surface area (Å²) in [4.78, 5) is 31.6. The average Bonchev–Trinajstić information content (AvgIpc) is 3.21. The maximum absolute atomic E-state index is 14.3. The van der Waals surface area contributed by atoms with E-state index in [2.05, 4.69) is 10.3 Å². The predicted molar refractivity (Wildman–Crippen MR) is 122 cm³/mol. The number of fused-ring (bicyclic) bond motifs is 2. The monoisotopic (exact) mass is 466 g/mol. The van der Waals surface area contributed by atoms with Gasteiger partial charge in [0.25, 0.3) is 5.91 Å². The number of allylic oxidation sites excluding steroid dienone is 1. The molecule has 2 aromatic carbocycles. The molecule has 0 aromatic heterocycles. The van der Waals surface area contributed by atoms with Crippen molar-refractivity contribution < 1.29 is 27.8 Å². The number of benzene rings is 2. The molecule has 3 aliphatic rings. The minimum absolute atomic E-state index is 0.00318. The molecule has 2 atom stereocenters. The van der Waals surface area contributed by atoms with Crippen LogP contribution in [0.5, 0.6) is 11.5 Å². The van der Waals surface area contributed by atoms with Gasteiger partial charge in [0.2, 0.25) is 6.79 Å². The lowest BCUT2D eigenvalue weighted by Gasteiger charge is -2.41. The number of hydrogen-bond acceptors (Lipinski definition) is 5. The van der Waals surface area contributed by atoms with E-state index in [9.17, 15) is 18.4 Å². The highest BCUT2D eigenvalue weighted by atomic mass is 19.1. The molecule has 0 bridgehead atoms. The van der Waals surface area contributed by atoms with Gasteiger partial charge in [-0.25, -0.2) is 8.78 Å². The van der Waals surface area contributed by atoms with Crippen molar-refractivity contribution in [3.8, 4) is 11.5 Å². The van der Waals surface area contributed by atoms with Crippen LogP contribution in [0, 0.1) is 23.0 Å². The van der Waals surface area contributed by atoms with Crippen molar-refractivity contribution in [2.45, 2.75) is 39.5 Å². The number of carbonyl (C=O) groups is 2. The Morgan fingerprint density at radius 3 is 2.59 bits per heavy atom. The van der Waals surface area contributed by atoms with Crippen molar-refractivity contribution in [1.82, 2.24) is 0 Å². The molecule has 0 unspecified atom stereocenters. The summed E-state index contributed by atoms with van der Waals surface area (Å²) in [6.45, 7) is 5.86. The first kappa shape index (κ1) is 22.3. The van der Waals surface area contributed by atoms with Gasteiger partial charge in [-0.1, -0.05) is 19.9 Å². The van der Waals surface area contributed by atoms with Crippen LogP contribution >= 0.6 is 0 Å². The fourth-order valence-corrected chi connectivity index (χ4v) is 5.14. The van der Waals surface area contributed by atoms with Crippen LogP contribution in [0.2, 0.25) is 0 Å².